The smallest absolute Gasteiger partial charge is 0.208 e. The Bertz CT molecular complexity index is 743. The Morgan fingerprint density at radius 3 is 0.824 bits per heavy atom. The average Bonchev–Trinajstić information content (AvgIpc) is 3.13. The molecule has 0 rings (SSSR count). The normalized spacial score (nSPS) is 12.1. The monoisotopic (exact) mass is 717 g/mol. The van der Waals surface area contributed by atoms with Crippen molar-refractivity contribution in [3.63, 3.8) is 0 Å². The quantitative estimate of drug-likeness (QED) is 0.0358. The number of carbonyl (C=O) groups excluding carboxylic acids is 3. The minimum atomic E-state index is -0.681. The molecule has 0 heterocycles. The van der Waals surface area contributed by atoms with Crippen molar-refractivity contribution >= 4 is 17.3 Å². The van der Waals surface area contributed by atoms with Crippen molar-refractivity contribution in [1.29, 1.82) is 0 Å². The van der Waals surface area contributed by atoms with Gasteiger partial charge in [-0.15, -0.1) is 0 Å². The third-order valence-corrected chi connectivity index (χ3v) is 11.4. The summed E-state index contributed by atoms with van der Waals surface area (Å²) in [5.41, 5.74) is 0. The zero-order chi connectivity index (χ0) is 37.3. The molecule has 0 aliphatic rings. The maximum Gasteiger partial charge on any atom is 0.208 e. The van der Waals surface area contributed by atoms with Gasteiger partial charge in [0.15, 0.2) is 5.78 Å². The van der Waals surface area contributed by atoms with Gasteiger partial charge in [0.1, 0.15) is 5.78 Å². The number of carbonyl (C=O) groups is 3. The van der Waals surface area contributed by atoms with Crippen molar-refractivity contribution < 1.29 is 14.4 Å². The van der Waals surface area contributed by atoms with Crippen LogP contribution in [0.25, 0.3) is 0 Å². The van der Waals surface area contributed by atoms with Gasteiger partial charge in [0.25, 0.3) is 0 Å². The molecule has 0 amide bonds. The van der Waals surface area contributed by atoms with E-state index in [9.17, 15) is 14.4 Å². The van der Waals surface area contributed by atoms with Crippen LogP contribution in [0.5, 0.6) is 0 Å². The van der Waals surface area contributed by atoms with Gasteiger partial charge in [0, 0.05) is 12.8 Å². The Morgan fingerprint density at radius 2 is 0.529 bits per heavy atom. The fourth-order valence-corrected chi connectivity index (χ4v) is 7.74. The van der Waals surface area contributed by atoms with E-state index in [0.29, 0.717) is 19.3 Å². The summed E-state index contributed by atoms with van der Waals surface area (Å²) in [6.07, 6.45) is 49.6. The van der Waals surface area contributed by atoms with Crippen LogP contribution in [0, 0.1) is 5.92 Å². The van der Waals surface area contributed by atoms with Crippen LogP contribution in [-0.4, -0.2) is 17.3 Å². The van der Waals surface area contributed by atoms with Crippen molar-refractivity contribution in [3.05, 3.63) is 0 Å². The Balaban J connectivity index is 4.36. The molecule has 1 unspecified atom stereocenters. The minimum absolute atomic E-state index is 0.0462. The minimum Gasteiger partial charge on any atom is -0.299 e. The largest absolute Gasteiger partial charge is 0.299 e. The first-order valence-electron chi connectivity index (χ1n) is 23.7. The summed E-state index contributed by atoms with van der Waals surface area (Å²) in [7, 11) is 0. The van der Waals surface area contributed by atoms with Gasteiger partial charge in [-0.25, -0.2) is 0 Å². The molecule has 0 saturated carbocycles. The number of rotatable bonds is 44. The molecule has 0 aliphatic heterocycles. The molecule has 0 aromatic rings. The van der Waals surface area contributed by atoms with Crippen LogP contribution < -0.4 is 0 Å². The molecule has 3 nitrogen and oxygen atoms in total. The lowest BCUT2D eigenvalue weighted by molar-refractivity contribution is -0.143. The summed E-state index contributed by atoms with van der Waals surface area (Å²) in [5, 5.41) is 0. The van der Waals surface area contributed by atoms with Crippen LogP contribution in [0.1, 0.15) is 284 Å². The molecule has 0 aromatic heterocycles. The highest BCUT2D eigenvalue weighted by Crippen LogP contribution is 2.21. The predicted molar refractivity (Wildman–Crippen MR) is 225 cm³/mol. The summed E-state index contributed by atoms with van der Waals surface area (Å²) in [5.74, 6) is -1.28. The maximum absolute atomic E-state index is 13.3. The first-order chi connectivity index (χ1) is 25.1. The van der Waals surface area contributed by atoms with Crippen molar-refractivity contribution in [2.45, 2.75) is 284 Å². The van der Waals surface area contributed by atoms with Crippen molar-refractivity contribution in [3.8, 4) is 0 Å². The summed E-state index contributed by atoms with van der Waals surface area (Å²) < 4.78 is 0. The molecule has 0 saturated heterocycles. The topological polar surface area (TPSA) is 51.2 Å². The van der Waals surface area contributed by atoms with Crippen molar-refractivity contribution in [2.24, 2.45) is 5.92 Å². The SMILES string of the molecule is CCCCCCCCCCCCCCCC(=O)C(=O)C(CCCCCCCCCCCCCC)C(=O)CCCCCCCCCCCCCCC. The molecule has 0 aromatic carbocycles. The van der Waals surface area contributed by atoms with E-state index in [1.165, 1.54) is 199 Å². The van der Waals surface area contributed by atoms with Crippen molar-refractivity contribution in [2.75, 3.05) is 0 Å². The average molecular weight is 717 g/mol. The zero-order valence-corrected chi connectivity index (χ0v) is 35.3. The van der Waals surface area contributed by atoms with Gasteiger partial charge < -0.3 is 0 Å². The number of Topliss-reactive ketones (excluding diaryl/α,β-unsaturated/α-hetero) is 3. The summed E-state index contributed by atoms with van der Waals surface area (Å²) >= 11 is 0. The van der Waals surface area contributed by atoms with Gasteiger partial charge in [0.05, 0.1) is 5.92 Å². The molecule has 302 valence electrons. The molecule has 1 atom stereocenters. The Kier molecular flexibility index (Phi) is 41.0. The zero-order valence-electron chi connectivity index (χ0n) is 35.3. The molecule has 51 heavy (non-hydrogen) atoms. The molecule has 0 bridgehead atoms. The maximum atomic E-state index is 13.3. The Hall–Kier alpha value is -0.990. The Labute approximate surface area is 320 Å². The third kappa shape index (κ3) is 35.8. The third-order valence-electron chi connectivity index (χ3n) is 11.4. The highest BCUT2D eigenvalue weighted by molar-refractivity contribution is 6.41. The molecule has 0 aliphatic carbocycles. The van der Waals surface area contributed by atoms with Gasteiger partial charge >= 0.3 is 0 Å². The molecule has 0 spiro atoms. The van der Waals surface area contributed by atoms with E-state index in [4.69, 9.17) is 0 Å². The molecular weight excluding hydrogens is 625 g/mol. The second-order valence-electron chi connectivity index (χ2n) is 16.5. The van der Waals surface area contributed by atoms with Gasteiger partial charge in [-0.05, 0) is 19.3 Å². The van der Waals surface area contributed by atoms with Gasteiger partial charge in [0.2, 0.25) is 5.78 Å². The fourth-order valence-electron chi connectivity index (χ4n) is 7.74. The molecule has 0 fully saturated rings. The van der Waals surface area contributed by atoms with E-state index in [1.807, 2.05) is 0 Å². The number of ketones is 3. The second-order valence-corrected chi connectivity index (χ2v) is 16.5. The van der Waals surface area contributed by atoms with Crippen LogP contribution in [0.3, 0.4) is 0 Å². The van der Waals surface area contributed by atoms with Gasteiger partial charge in [-0.1, -0.05) is 252 Å². The summed E-state index contributed by atoms with van der Waals surface area (Å²) in [6.45, 7) is 6.82. The Morgan fingerprint density at radius 1 is 0.294 bits per heavy atom. The van der Waals surface area contributed by atoms with E-state index in [0.717, 1.165) is 44.9 Å². The van der Waals surface area contributed by atoms with Gasteiger partial charge in [-0.2, -0.15) is 0 Å². The molecule has 3 heteroatoms. The van der Waals surface area contributed by atoms with Crippen LogP contribution in [0.15, 0.2) is 0 Å². The van der Waals surface area contributed by atoms with E-state index in [1.54, 1.807) is 0 Å². The highest BCUT2D eigenvalue weighted by Gasteiger charge is 2.30. The van der Waals surface area contributed by atoms with E-state index in [2.05, 4.69) is 20.8 Å². The van der Waals surface area contributed by atoms with Crippen LogP contribution >= 0.6 is 0 Å². The number of hydrogen-bond acceptors (Lipinski definition) is 3. The number of hydrogen-bond donors (Lipinski definition) is 0. The lowest BCUT2D eigenvalue weighted by Crippen LogP contribution is -2.30. The molecular formula is C48H92O3. The second kappa shape index (κ2) is 41.8. The van der Waals surface area contributed by atoms with Crippen LogP contribution in [0.2, 0.25) is 0 Å². The lowest BCUT2D eigenvalue weighted by atomic mass is 9.86. The molecule has 0 radical (unpaired) electrons. The molecule has 0 N–H and O–H groups in total. The van der Waals surface area contributed by atoms with Crippen LogP contribution in [-0.2, 0) is 14.4 Å². The van der Waals surface area contributed by atoms with E-state index >= 15 is 0 Å². The van der Waals surface area contributed by atoms with Gasteiger partial charge in [-0.3, -0.25) is 14.4 Å². The first-order valence-corrected chi connectivity index (χ1v) is 23.7. The summed E-state index contributed by atoms with van der Waals surface area (Å²) in [6, 6.07) is 0. The number of unbranched alkanes of at least 4 members (excludes halogenated alkanes) is 35. The highest BCUT2D eigenvalue weighted by atomic mass is 16.2. The van der Waals surface area contributed by atoms with E-state index < -0.39 is 5.92 Å². The van der Waals surface area contributed by atoms with Crippen LogP contribution in [0.4, 0.5) is 0 Å². The van der Waals surface area contributed by atoms with E-state index in [-0.39, 0.29) is 17.3 Å². The standard InChI is InChI=1S/C48H92O3/c1-4-7-10-13-16-19-22-25-28-31-34-37-40-43-46(49)45(42-39-36-33-30-27-24-21-18-15-12-9-6-3)48(51)47(50)44-41-38-35-32-29-26-23-20-17-14-11-8-5-2/h45H,4-44H2,1-3H3. The van der Waals surface area contributed by atoms with Crippen molar-refractivity contribution in [1.82, 2.24) is 0 Å². The summed E-state index contributed by atoms with van der Waals surface area (Å²) in [4.78, 5) is 39.7. The first kappa shape index (κ1) is 50.0. The predicted octanol–water partition coefficient (Wildman–Crippen LogP) is 16.4. The fraction of sp³-hybridized carbons (Fsp3) is 0.938. The lowest BCUT2D eigenvalue weighted by Gasteiger charge is -2.14.